The number of nitrogens with zero attached hydrogens (tertiary/aromatic N) is 1. The Balaban J connectivity index is 1.62. The highest BCUT2D eigenvalue weighted by Gasteiger charge is 2.34. The fourth-order valence-electron chi connectivity index (χ4n) is 3.36. The van der Waals surface area contributed by atoms with Crippen LogP contribution in [-0.2, 0) is 4.84 Å². The predicted molar refractivity (Wildman–Crippen MR) is 105 cm³/mol. The summed E-state index contributed by atoms with van der Waals surface area (Å²) in [6, 6.07) is 26.5. The zero-order chi connectivity index (χ0) is 17.9. The summed E-state index contributed by atoms with van der Waals surface area (Å²) in [4.78, 5) is 5.96. The molecule has 0 amide bonds. The van der Waals surface area contributed by atoms with E-state index < -0.39 is 0 Å². The SMILES string of the molecule is OCC1CC(c2ccc(-c3ccccc3)cc2)N(c2ccc(Cl)cc2)O1. The molecule has 4 heteroatoms. The first-order valence-electron chi connectivity index (χ1n) is 8.72. The Hall–Kier alpha value is -2.33. The quantitative estimate of drug-likeness (QED) is 0.685. The molecule has 0 aromatic heterocycles. The van der Waals surface area contributed by atoms with E-state index in [0.717, 1.165) is 17.7 Å². The molecular weight excluding hydrogens is 346 g/mol. The maximum atomic E-state index is 9.56. The standard InChI is InChI=1S/C22H20ClNO2/c23-19-10-12-20(13-11-19)24-22(14-21(15-25)26-24)18-8-6-17(7-9-18)16-4-2-1-3-5-16/h1-13,21-22,25H,14-15H2. The van der Waals surface area contributed by atoms with E-state index in [1.807, 2.05) is 47.5 Å². The number of rotatable bonds is 4. The van der Waals surface area contributed by atoms with Gasteiger partial charge in [0.2, 0.25) is 0 Å². The Morgan fingerprint density at radius 2 is 1.54 bits per heavy atom. The molecule has 1 aliphatic heterocycles. The van der Waals surface area contributed by atoms with E-state index in [-0.39, 0.29) is 18.8 Å². The molecule has 0 radical (unpaired) electrons. The van der Waals surface area contributed by atoms with Crippen molar-refractivity contribution in [1.29, 1.82) is 0 Å². The second-order valence-electron chi connectivity index (χ2n) is 6.45. The summed E-state index contributed by atoms with van der Waals surface area (Å²) < 4.78 is 0. The van der Waals surface area contributed by atoms with Gasteiger partial charge in [-0.3, -0.25) is 4.84 Å². The van der Waals surface area contributed by atoms with Gasteiger partial charge in [-0.2, -0.15) is 0 Å². The van der Waals surface area contributed by atoms with E-state index in [2.05, 4.69) is 36.4 Å². The van der Waals surface area contributed by atoms with Gasteiger partial charge in [-0.05, 0) is 41.0 Å². The molecule has 0 spiro atoms. The summed E-state index contributed by atoms with van der Waals surface area (Å²) in [6.45, 7) is 0.00267. The summed E-state index contributed by atoms with van der Waals surface area (Å²) in [7, 11) is 0. The predicted octanol–water partition coefficient (Wildman–Crippen LogP) is 5.25. The van der Waals surface area contributed by atoms with E-state index in [1.165, 1.54) is 11.1 Å². The van der Waals surface area contributed by atoms with Crippen molar-refractivity contribution >= 4 is 17.3 Å². The summed E-state index contributed by atoms with van der Waals surface area (Å²) in [5, 5.41) is 12.1. The van der Waals surface area contributed by atoms with Crippen LogP contribution in [0.15, 0.2) is 78.9 Å². The van der Waals surface area contributed by atoms with Crippen LogP contribution >= 0.6 is 11.6 Å². The van der Waals surface area contributed by atoms with Crippen LogP contribution in [0.3, 0.4) is 0 Å². The minimum atomic E-state index is -0.204. The van der Waals surface area contributed by atoms with Gasteiger partial charge in [-0.25, -0.2) is 5.06 Å². The summed E-state index contributed by atoms with van der Waals surface area (Å²) in [5.41, 5.74) is 4.48. The highest BCUT2D eigenvalue weighted by molar-refractivity contribution is 6.30. The average molecular weight is 366 g/mol. The number of aliphatic hydroxyl groups excluding tert-OH is 1. The van der Waals surface area contributed by atoms with Crippen LogP contribution in [0.2, 0.25) is 5.02 Å². The second-order valence-corrected chi connectivity index (χ2v) is 6.89. The van der Waals surface area contributed by atoms with Crippen molar-refractivity contribution in [1.82, 2.24) is 0 Å². The number of hydrogen-bond donors (Lipinski definition) is 1. The number of hydroxylamine groups is 1. The first kappa shape index (κ1) is 17.1. The molecule has 2 unspecified atom stereocenters. The third-order valence-corrected chi connectivity index (χ3v) is 4.97. The zero-order valence-electron chi connectivity index (χ0n) is 14.3. The van der Waals surface area contributed by atoms with E-state index >= 15 is 0 Å². The minimum Gasteiger partial charge on any atom is -0.394 e. The topological polar surface area (TPSA) is 32.7 Å². The Bertz CT molecular complexity index is 850. The highest BCUT2D eigenvalue weighted by atomic mass is 35.5. The van der Waals surface area contributed by atoms with Gasteiger partial charge in [-0.15, -0.1) is 0 Å². The molecule has 1 saturated heterocycles. The molecule has 1 N–H and O–H groups in total. The largest absolute Gasteiger partial charge is 0.394 e. The van der Waals surface area contributed by atoms with Crippen molar-refractivity contribution in [2.24, 2.45) is 0 Å². The number of aliphatic hydroxyl groups is 1. The second kappa shape index (κ2) is 7.50. The van der Waals surface area contributed by atoms with Gasteiger partial charge in [0.25, 0.3) is 0 Å². The van der Waals surface area contributed by atoms with Gasteiger partial charge >= 0.3 is 0 Å². The molecule has 132 valence electrons. The minimum absolute atomic E-state index is 0.00267. The lowest BCUT2D eigenvalue weighted by Crippen LogP contribution is -2.22. The van der Waals surface area contributed by atoms with Crippen LogP contribution in [0.5, 0.6) is 0 Å². The molecule has 3 aromatic carbocycles. The molecule has 0 aliphatic carbocycles. The van der Waals surface area contributed by atoms with Crippen LogP contribution in [0.4, 0.5) is 5.69 Å². The van der Waals surface area contributed by atoms with Gasteiger partial charge in [-0.1, -0.05) is 66.2 Å². The molecule has 4 rings (SSSR count). The number of hydrogen-bond acceptors (Lipinski definition) is 3. The van der Waals surface area contributed by atoms with Crippen molar-refractivity contribution in [3.63, 3.8) is 0 Å². The third kappa shape index (κ3) is 3.47. The number of anilines is 1. The lowest BCUT2D eigenvalue weighted by atomic mass is 9.98. The zero-order valence-corrected chi connectivity index (χ0v) is 15.0. The molecule has 1 fully saturated rings. The van der Waals surface area contributed by atoms with Crippen molar-refractivity contribution in [3.05, 3.63) is 89.4 Å². The van der Waals surface area contributed by atoms with Gasteiger partial charge < -0.3 is 5.11 Å². The molecule has 0 bridgehead atoms. The number of benzene rings is 3. The Morgan fingerprint density at radius 3 is 2.19 bits per heavy atom. The molecule has 3 aromatic rings. The first-order chi connectivity index (χ1) is 12.7. The third-order valence-electron chi connectivity index (χ3n) is 4.72. The van der Waals surface area contributed by atoms with Crippen LogP contribution < -0.4 is 5.06 Å². The molecule has 0 saturated carbocycles. The Labute approximate surface area is 158 Å². The lowest BCUT2D eigenvalue weighted by molar-refractivity contribution is 0.0406. The van der Waals surface area contributed by atoms with E-state index in [0.29, 0.717) is 5.02 Å². The van der Waals surface area contributed by atoms with Gasteiger partial charge in [0.05, 0.1) is 18.3 Å². The van der Waals surface area contributed by atoms with Gasteiger partial charge in [0.1, 0.15) is 6.10 Å². The number of halogens is 1. The van der Waals surface area contributed by atoms with Crippen molar-refractivity contribution in [2.75, 3.05) is 11.7 Å². The maximum absolute atomic E-state index is 9.56. The van der Waals surface area contributed by atoms with Crippen molar-refractivity contribution in [3.8, 4) is 11.1 Å². The molecule has 1 heterocycles. The fourth-order valence-corrected chi connectivity index (χ4v) is 3.48. The normalized spacial score (nSPS) is 19.7. The summed E-state index contributed by atoms with van der Waals surface area (Å²) in [5.74, 6) is 0. The average Bonchev–Trinajstić information content (AvgIpc) is 3.14. The van der Waals surface area contributed by atoms with E-state index in [9.17, 15) is 5.11 Å². The van der Waals surface area contributed by atoms with E-state index in [4.69, 9.17) is 16.4 Å². The monoisotopic (exact) mass is 365 g/mol. The molecule has 26 heavy (non-hydrogen) atoms. The van der Waals surface area contributed by atoms with Crippen LogP contribution in [0.25, 0.3) is 11.1 Å². The smallest absolute Gasteiger partial charge is 0.111 e. The fraction of sp³-hybridized carbons (Fsp3) is 0.182. The van der Waals surface area contributed by atoms with Gasteiger partial charge in [0.15, 0.2) is 0 Å². The molecule has 3 nitrogen and oxygen atoms in total. The Kier molecular flexibility index (Phi) is 4.93. The van der Waals surface area contributed by atoms with E-state index in [1.54, 1.807) is 0 Å². The lowest BCUT2D eigenvalue weighted by Gasteiger charge is -2.25. The van der Waals surface area contributed by atoms with Crippen molar-refractivity contribution < 1.29 is 9.94 Å². The highest BCUT2D eigenvalue weighted by Crippen LogP contribution is 2.38. The Morgan fingerprint density at radius 1 is 0.885 bits per heavy atom. The van der Waals surface area contributed by atoms with Crippen LogP contribution in [-0.4, -0.2) is 17.8 Å². The van der Waals surface area contributed by atoms with Crippen LogP contribution in [0, 0.1) is 0 Å². The maximum Gasteiger partial charge on any atom is 0.111 e. The van der Waals surface area contributed by atoms with Crippen LogP contribution in [0.1, 0.15) is 18.0 Å². The summed E-state index contributed by atoms with van der Waals surface area (Å²) >= 11 is 6.00. The summed E-state index contributed by atoms with van der Waals surface area (Å²) in [6.07, 6.45) is 0.536. The molecule has 1 aliphatic rings. The molecular formula is C22H20ClNO2. The molecule has 2 atom stereocenters. The first-order valence-corrected chi connectivity index (χ1v) is 9.10. The van der Waals surface area contributed by atoms with Crippen molar-refractivity contribution in [2.45, 2.75) is 18.6 Å². The van der Waals surface area contributed by atoms with Gasteiger partial charge in [0, 0.05) is 11.4 Å².